The molecule has 27 heavy (non-hydrogen) atoms. The molecule has 140 valence electrons. The van der Waals surface area contributed by atoms with Gasteiger partial charge in [0.1, 0.15) is 11.4 Å². The van der Waals surface area contributed by atoms with E-state index in [0.29, 0.717) is 11.3 Å². The molecule has 1 aliphatic rings. The summed E-state index contributed by atoms with van der Waals surface area (Å²) in [5.74, 6) is -1.70. The Kier molecular flexibility index (Phi) is 5.80. The van der Waals surface area contributed by atoms with E-state index in [1.165, 1.54) is 18.2 Å². The van der Waals surface area contributed by atoms with E-state index in [1.807, 2.05) is 4.90 Å². The van der Waals surface area contributed by atoms with Gasteiger partial charge in [-0.2, -0.15) is 0 Å². The number of aromatic carboxylic acids is 1. The van der Waals surface area contributed by atoms with Gasteiger partial charge >= 0.3 is 5.97 Å². The lowest BCUT2D eigenvalue weighted by Gasteiger charge is -2.20. The molecular formula is C20H21N3O4. The first-order chi connectivity index (χ1) is 13.0. The zero-order valence-electron chi connectivity index (χ0n) is 14.9. The number of nitrogens with zero attached hydrogens (tertiary/aromatic N) is 2. The van der Waals surface area contributed by atoms with Gasteiger partial charge in [-0.3, -0.25) is 9.59 Å². The summed E-state index contributed by atoms with van der Waals surface area (Å²) in [7, 11) is 0. The molecule has 1 aromatic carbocycles. The quantitative estimate of drug-likeness (QED) is 0.865. The first-order valence-electron chi connectivity index (χ1n) is 8.95. The maximum absolute atomic E-state index is 12.6. The lowest BCUT2D eigenvalue weighted by Crippen LogP contribution is -2.31. The Hall–Kier alpha value is -3.22. The number of benzene rings is 1. The number of hydrogen-bond donors (Lipinski definition) is 2. The zero-order chi connectivity index (χ0) is 19.2. The smallest absolute Gasteiger partial charge is 0.354 e. The molecule has 0 aliphatic carbocycles. The average molecular weight is 367 g/mol. The fourth-order valence-electron chi connectivity index (χ4n) is 3.03. The van der Waals surface area contributed by atoms with Gasteiger partial charge in [0.2, 0.25) is 0 Å². The molecule has 2 aromatic rings. The van der Waals surface area contributed by atoms with Crippen LogP contribution >= 0.6 is 0 Å². The minimum atomic E-state index is -1.19. The Morgan fingerprint density at radius 2 is 1.52 bits per heavy atom. The molecular weight excluding hydrogens is 346 g/mol. The molecule has 3 rings (SSSR count). The molecule has 0 unspecified atom stereocenters. The number of nitrogens with one attached hydrogen (secondary N) is 1. The van der Waals surface area contributed by atoms with E-state index in [-0.39, 0.29) is 17.3 Å². The summed E-state index contributed by atoms with van der Waals surface area (Å²) in [5, 5.41) is 11.6. The minimum absolute atomic E-state index is 0.00519. The maximum atomic E-state index is 12.6. The van der Waals surface area contributed by atoms with Gasteiger partial charge in [-0.15, -0.1) is 0 Å². The van der Waals surface area contributed by atoms with Crippen LogP contribution in [0.15, 0.2) is 42.5 Å². The summed E-state index contributed by atoms with van der Waals surface area (Å²) < 4.78 is 0. The third-order valence-corrected chi connectivity index (χ3v) is 4.48. The van der Waals surface area contributed by atoms with Crippen LogP contribution < -0.4 is 5.32 Å². The van der Waals surface area contributed by atoms with Gasteiger partial charge in [0.05, 0.1) is 0 Å². The van der Waals surface area contributed by atoms with Gasteiger partial charge in [-0.25, -0.2) is 9.78 Å². The lowest BCUT2D eigenvalue weighted by molar-refractivity contribution is 0.0689. The Labute approximate surface area is 157 Å². The standard InChI is InChI=1S/C20H21N3O4/c24-18(16-6-5-7-17(22-16)20(26)27)21-15-10-8-14(9-11-15)19(25)23-12-3-1-2-4-13-23/h5-11H,1-4,12-13H2,(H,21,24)(H,26,27). The molecule has 0 spiro atoms. The number of amides is 2. The van der Waals surface area contributed by atoms with Crippen molar-refractivity contribution in [3.63, 3.8) is 0 Å². The van der Waals surface area contributed by atoms with Crippen LogP contribution in [0, 0.1) is 0 Å². The number of carbonyl (C=O) groups excluding carboxylic acids is 2. The second-order valence-corrected chi connectivity index (χ2v) is 6.45. The lowest BCUT2D eigenvalue weighted by atomic mass is 10.1. The first-order valence-corrected chi connectivity index (χ1v) is 8.95. The molecule has 0 bridgehead atoms. The summed E-state index contributed by atoms with van der Waals surface area (Å²) in [6, 6.07) is 10.9. The van der Waals surface area contributed by atoms with E-state index in [4.69, 9.17) is 5.11 Å². The molecule has 2 amide bonds. The van der Waals surface area contributed by atoms with Crippen LogP contribution in [0.2, 0.25) is 0 Å². The maximum Gasteiger partial charge on any atom is 0.354 e. The van der Waals surface area contributed by atoms with Gasteiger partial charge < -0.3 is 15.3 Å². The largest absolute Gasteiger partial charge is 0.477 e. The highest BCUT2D eigenvalue weighted by Gasteiger charge is 2.17. The summed E-state index contributed by atoms with van der Waals surface area (Å²) in [6.45, 7) is 1.56. The molecule has 2 heterocycles. The third kappa shape index (κ3) is 4.69. The normalized spacial score (nSPS) is 14.3. The zero-order valence-corrected chi connectivity index (χ0v) is 14.9. The molecule has 1 aliphatic heterocycles. The number of carboxylic acid groups (broad SMARTS) is 1. The van der Waals surface area contributed by atoms with E-state index in [0.717, 1.165) is 38.8 Å². The Morgan fingerprint density at radius 1 is 0.889 bits per heavy atom. The third-order valence-electron chi connectivity index (χ3n) is 4.48. The number of rotatable bonds is 4. The van der Waals surface area contributed by atoms with E-state index in [9.17, 15) is 14.4 Å². The monoisotopic (exact) mass is 367 g/mol. The Balaban J connectivity index is 1.66. The molecule has 1 saturated heterocycles. The highest BCUT2D eigenvalue weighted by atomic mass is 16.4. The van der Waals surface area contributed by atoms with Gasteiger partial charge in [0.15, 0.2) is 0 Å². The van der Waals surface area contributed by atoms with Crippen LogP contribution in [0.4, 0.5) is 5.69 Å². The van der Waals surface area contributed by atoms with Crippen molar-refractivity contribution in [2.45, 2.75) is 25.7 Å². The summed E-state index contributed by atoms with van der Waals surface area (Å²) >= 11 is 0. The van der Waals surface area contributed by atoms with Crippen molar-refractivity contribution in [1.29, 1.82) is 0 Å². The number of carbonyl (C=O) groups is 3. The van der Waals surface area contributed by atoms with Crippen molar-refractivity contribution < 1.29 is 19.5 Å². The number of anilines is 1. The molecule has 1 aromatic heterocycles. The van der Waals surface area contributed by atoms with Gasteiger partial charge in [0, 0.05) is 24.3 Å². The van der Waals surface area contributed by atoms with Crippen molar-refractivity contribution in [3.05, 3.63) is 59.4 Å². The van der Waals surface area contributed by atoms with Crippen molar-refractivity contribution in [2.75, 3.05) is 18.4 Å². The fourth-order valence-corrected chi connectivity index (χ4v) is 3.03. The van der Waals surface area contributed by atoms with Crippen molar-refractivity contribution in [1.82, 2.24) is 9.88 Å². The van der Waals surface area contributed by atoms with Gasteiger partial charge in [-0.1, -0.05) is 18.9 Å². The van der Waals surface area contributed by atoms with E-state index < -0.39 is 11.9 Å². The molecule has 0 saturated carbocycles. The number of pyridine rings is 1. The molecule has 7 heteroatoms. The summed E-state index contributed by atoms with van der Waals surface area (Å²) in [6.07, 6.45) is 4.38. The van der Waals surface area contributed by atoms with Crippen LogP contribution in [0.25, 0.3) is 0 Å². The fraction of sp³-hybridized carbons (Fsp3) is 0.300. The van der Waals surface area contributed by atoms with Crippen molar-refractivity contribution in [3.8, 4) is 0 Å². The highest BCUT2D eigenvalue weighted by molar-refractivity contribution is 6.03. The first kappa shape index (κ1) is 18.6. The molecule has 2 N–H and O–H groups in total. The topological polar surface area (TPSA) is 99.6 Å². The Bertz CT molecular complexity index is 841. The van der Waals surface area contributed by atoms with E-state index in [2.05, 4.69) is 10.3 Å². The highest BCUT2D eigenvalue weighted by Crippen LogP contribution is 2.16. The van der Waals surface area contributed by atoms with Crippen molar-refractivity contribution >= 4 is 23.5 Å². The summed E-state index contributed by atoms with van der Waals surface area (Å²) in [4.78, 5) is 41.5. The number of hydrogen-bond acceptors (Lipinski definition) is 4. The average Bonchev–Trinajstić information content (AvgIpc) is 2.97. The van der Waals surface area contributed by atoms with Crippen LogP contribution in [-0.4, -0.2) is 45.9 Å². The van der Waals surface area contributed by atoms with Crippen LogP contribution in [0.3, 0.4) is 0 Å². The molecule has 1 fully saturated rings. The SMILES string of the molecule is O=C(O)c1cccc(C(=O)Nc2ccc(C(=O)N3CCCCCC3)cc2)n1. The van der Waals surface area contributed by atoms with Crippen molar-refractivity contribution in [2.24, 2.45) is 0 Å². The predicted octanol–water partition coefficient (Wildman–Crippen LogP) is 3.05. The molecule has 7 nitrogen and oxygen atoms in total. The Morgan fingerprint density at radius 3 is 2.15 bits per heavy atom. The van der Waals surface area contributed by atoms with Crippen LogP contribution in [0.5, 0.6) is 0 Å². The number of likely N-dealkylation sites (tertiary alicyclic amines) is 1. The second-order valence-electron chi connectivity index (χ2n) is 6.45. The minimum Gasteiger partial charge on any atom is -0.477 e. The molecule has 0 atom stereocenters. The van der Waals surface area contributed by atoms with Crippen LogP contribution in [-0.2, 0) is 0 Å². The van der Waals surface area contributed by atoms with Crippen LogP contribution in [0.1, 0.15) is 57.0 Å². The van der Waals surface area contributed by atoms with Gasteiger partial charge in [-0.05, 0) is 49.2 Å². The number of aromatic nitrogens is 1. The van der Waals surface area contributed by atoms with Gasteiger partial charge in [0.25, 0.3) is 11.8 Å². The van der Waals surface area contributed by atoms with E-state index in [1.54, 1.807) is 24.3 Å². The molecule has 0 radical (unpaired) electrons. The van der Waals surface area contributed by atoms with E-state index >= 15 is 0 Å². The second kappa shape index (κ2) is 8.44. The predicted molar refractivity (Wildman–Crippen MR) is 100.0 cm³/mol. The summed E-state index contributed by atoms with van der Waals surface area (Å²) in [5.41, 5.74) is 0.913. The number of carboxylic acids is 1.